The molecule has 7 heteroatoms. The van der Waals surface area contributed by atoms with Gasteiger partial charge < -0.3 is 5.73 Å². The average molecular weight is 251 g/mol. The zero-order valence-corrected chi connectivity index (χ0v) is 10.4. The Balaban J connectivity index is 2.07. The van der Waals surface area contributed by atoms with E-state index in [2.05, 4.69) is 15.4 Å². The highest BCUT2D eigenvalue weighted by Crippen LogP contribution is 2.19. The van der Waals surface area contributed by atoms with Crippen LogP contribution in [-0.2, 0) is 7.05 Å². The van der Waals surface area contributed by atoms with Crippen molar-refractivity contribution in [3.05, 3.63) is 29.0 Å². The predicted molar refractivity (Wildman–Crippen MR) is 65.9 cm³/mol. The molecular weight excluding hydrogens is 238 g/mol. The first-order chi connectivity index (χ1) is 8.06. The van der Waals surface area contributed by atoms with Crippen molar-refractivity contribution in [2.45, 2.75) is 13.0 Å². The first-order valence-electron chi connectivity index (χ1n) is 5.08. The van der Waals surface area contributed by atoms with E-state index in [4.69, 9.17) is 5.73 Å². The van der Waals surface area contributed by atoms with Gasteiger partial charge in [0, 0.05) is 24.7 Å². The molecule has 0 bridgehead atoms. The van der Waals surface area contributed by atoms with Crippen LogP contribution < -0.4 is 11.1 Å². The molecule has 0 aromatic carbocycles. The number of rotatable bonds is 3. The molecule has 0 saturated heterocycles. The second kappa shape index (κ2) is 4.64. The van der Waals surface area contributed by atoms with Crippen LogP contribution in [0.25, 0.3) is 0 Å². The van der Waals surface area contributed by atoms with E-state index in [9.17, 15) is 4.79 Å². The molecule has 1 unspecified atom stereocenters. The Kier molecular flexibility index (Phi) is 3.21. The molecule has 17 heavy (non-hydrogen) atoms. The van der Waals surface area contributed by atoms with Crippen molar-refractivity contribution < 1.29 is 4.79 Å². The van der Waals surface area contributed by atoms with Crippen LogP contribution in [0.3, 0.4) is 0 Å². The summed E-state index contributed by atoms with van der Waals surface area (Å²) in [4.78, 5) is 16.0. The van der Waals surface area contributed by atoms with Gasteiger partial charge in [-0.1, -0.05) is 0 Å². The van der Waals surface area contributed by atoms with Crippen molar-refractivity contribution in [2.24, 2.45) is 12.8 Å². The SMILES string of the molecule is CC(N)c1csc(NC(=O)c2ccn(C)n2)n1. The van der Waals surface area contributed by atoms with Crippen molar-refractivity contribution in [1.82, 2.24) is 14.8 Å². The molecule has 3 N–H and O–H groups in total. The number of aromatic nitrogens is 3. The molecule has 2 aromatic heterocycles. The average Bonchev–Trinajstić information content (AvgIpc) is 2.86. The second-order valence-corrected chi connectivity index (χ2v) is 4.55. The minimum absolute atomic E-state index is 0.133. The molecule has 2 heterocycles. The maximum Gasteiger partial charge on any atom is 0.277 e. The summed E-state index contributed by atoms with van der Waals surface area (Å²) < 4.78 is 1.57. The van der Waals surface area contributed by atoms with Gasteiger partial charge in [-0.25, -0.2) is 4.98 Å². The highest BCUT2D eigenvalue weighted by molar-refractivity contribution is 7.14. The number of aryl methyl sites for hydroxylation is 1. The molecule has 0 aliphatic rings. The number of thiazole rings is 1. The van der Waals surface area contributed by atoms with Gasteiger partial charge in [-0.2, -0.15) is 5.10 Å². The fourth-order valence-electron chi connectivity index (χ4n) is 1.25. The highest BCUT2D eigenvalue weighted by atomic mass is 32.1. The number of amides is 1. The number of nitrogens with one attached hydrogen (secondary N) is 1. The molecule has 0 fully saturated rings. The largest absolute Gasteiger partial charge is 0.323 e. The first kappa shape index (κ1) is 11.7. The first-order valence-corrected chi connectivity index (χ1v) is 5.96. The van der Waals surface area contributed by atoms with Gasteiger partial charge in [0.25, 0.3) is 5.91 Å². The summed E-state index contributed by atoms with van der Waals surface area (Å²) in [5.41, 5.74) is 6.82. The minimum atomic E-state index is -0.267. The third-order valence-electron chi connectivity index (χ3n) is 2.16. The molecule has 0 aliphatic carbocycles. The summed E-state index contributed by atoms with van der Waals surface area (Å²) in [6.07, 6.45) is 1.71. The lowest BCUT2D eigenvalue weighted by atomic mass is 10.3. The summed E-state index contributed by atoms with van der Waals surface area (Å²) in [5.74, 6) is -0.267. The third-order valence-corrected chi connectivity index (χ3v) is 2.93. The summed E-state index contributed by atoms with van der Waals surface area (Å²) >= 11 is 1.35. The van der Waals surface area contributed by atoms with E-state index >= 15 is 0 Å². The smallest absolute Gasteiger partial charge is 0.277 e. The number of carbonyl (C=O) groups is 1. The highest BCUT2D eigenvalue weighted by Gasteiger charge is 2.12. The molecule has 1 amide bonds. The van der Waals surface area contributed by atoms with Gasteiger partial charge in [0.1, 0.15) is 0 Å². The topological polar surface area (TPSA) is 85.8 Å². The lowest BCUT2D eigenvalue weighted by molar-refractivity contribution is 0.102. The van der Waals surface area contributed by atoms with Crippen molar-refractivity contribution in [2.75, 3.05) is 5.32 Å². The number of anilines is 1. The van der Waals surface area contributed by atoms with Crippen LogP contribution in [0.1, 0.15) is 29.1 Å². The molecule has 0 spiro atoms. The van der Waals surface area contributed by atoms with Crippen molar-refractivity contribution >= 4 is 22.4 Å². The van der Waals surface area contributed by atoms with Crippen LogP contribution in [0.5, 0.6) is 0 Å². The fourth-order valence-corrected chi connectivity index (χ4v) is 2.06. The van der Waals surface area contributed by atoms with E-state index in [0.29, 0.717) is 10.8 Å². The summed E-state index contributed by atoms with van der Waals surface area (Å²) in [7, 11) is 1.76. The van der Waals surface area contributed by atoms with E-state index < -0.39 is 0 Å². The van der Waals surface area contributed by atoms with Crippen molar-refractivity contribution in [1.29, 1.82) is 0 Å². The van der Waals surface area contributed by atoms with Crippen LogP contribution in [0.4, 0.5) is 5.13 Å². The van der Waals surface area contributed by atoms with E-state index in [1.807, 2.05) is 12.3 Å². The summed E-state index contributed by atoms with van der Waals surface area (Å²) in [6, 6.07) is 1.52. The second-order valence-electron chi connectivity index (χ2n) is 3.69. The van der Waals surface area contributed by atoms with E-state index in [1.165, 1.54) is 11.3 Å². The van der Waals surface area contributed by atoms with Gasteiger partial charge in [0.15, 0.2) is 10.8 Å². The Bertz CT molecular complexity index is 530. The Morgan fingerprint density at radius 1 is 1.65 bits per heavy atom. The molecule has 2 rings (SSSR count). The van der Waals surface area contributed by atoms with Gasteiger partial charge in [0.2, 0.25) is 0 Å². The Morgan fingerprint density at radius 3 is 2.94 bits per heavy atom. The lowest BCUT2D eigenvalue weighted by Crippen LogP contribution is -2.13. The normalized spacial score (nSPS) is 12.4. The third kappa shape index (κ3) is 2.69. The Hall–Kier alpha value is -1.73. The van der Waals surface area contributed by atoms with Crippen molar-refractivity contribution in [3.63, 3.8) is 0 Å². The molecular formula is C10H13N5OS. The van der Waals surface area contributed by atoms with Gasteiger partial charge in [-0.15, -0.1) is 11.3 Å². The summed E-state index contributed by atoms with van der Waals surface area (Å²) in [6.45, 7) is 1.85. The van der Waals surface area contributed by atoms with Gasteiger partial charge in [-0.3, -0.25) is 14.8 Å². The van der Waals surface area contributed by atoms with E-state index in [1.54, 1.807) is 24.0 Å². The maximum atomic E-state index is 11.8. The zero-order chi connectivity index (χ0) is 12.4. The molecule has 2 aromatic rings. The van der Waals surface area contributed by atoms with Crippen LogP contribution in [0.15, 0.2) is 17.6 Å². The number of hydrogen-bond acceptors (Lipinski definition) is 5. The van der Waals surface area contributed by atoms with Crippen LogP contribution in [0.2, 0.25) is 0 Å². The lowest BCUT2D eigenvalue weighted by Gasteiger charge is -1.99. The van der Waals surface area contributed by atoms with Gasteiger partial charge >= 0.3 is 0 Å². The molecule has 0 aliphatic heterocycles. The molecule has 0 saturated carbocycles. The maximum absolute atomic E-state index is 11.8. The molecule has 6 nitrogen and oxygen atoms in total. The van der Waals surface area contributed by atoms with E-state index in [0.717, 1.165) is 5.69 Å². The molecule has 0 radical (unpaired) electrons. The van der Waals surface area contributed by atoms with Crippen LogP contribution in [0, 0.1) is 0 Å². The molecule has 90 valence electrons. The Labute approximate surface area is 102 Å². The summed E-state index contributed by atoms with van der Waals surface area (Å²) in [5, 5.41) is 9.06. The molecule has 1 atom stereocenters. The standard InChI is InChI=1S/C10H13N5OS/c1-6(11)8-5-17-10(12-8)13-9(16)7-3-4-15(2)14-7/h3-6H,11H2,1-2H3,(H,12,13,16). The Morgan fingerprint density at radius 2 is 2.41 bits per heavy atom. The quantitative estimate of drug-likeness (QED) is 0.856. The van der Waals surface area contributed by atoms with Crippen LogP contribution in [-0.4, -0.2) is 20.7 Å². The predicted octanol–water partition coefficient (Wildman–Crippen LogP) is 1.15. The monoisotopic (exact) mass is 251 g/mol. The minimum Gasteiger partial charge on any atom is -0.323 e. The zero-order valence-electron chi connectivity index (χ0n) is 9.54. The van der Waals surface area contributed by atoms with Gasteiger partial charge in [-0.05, 0) is 13.0 Å². The number of carbonyl (C=O) groups excluding carboxylic acids is 1. The fraction of sp³-hybridized carbons (Fsp3) is 0.300. The number of hydrogen-bond donors (Lipinski definition) is 2. The van der Waals surface area contributed by atoms with Crippen molar-refractivity contribution in [3.8, 4) is 0 Å². The van der Waals surface area contributed by atoms with Crippen LogP contribution >= 0.6 is 11.3 Å². The van der Waals surface area contributed by atoms with Gasteiger partial charge in [0.05, 0.1) is 5.69 Å². The van der Waals surface area contributed by atoms with E-state index in [-0.39, 0.29) is 11.9 Å². The number of nitrogens with zero attached hydrogens (tertiary/aromatic N) is 3. The number of nitrogens with two attached hydrogens (primary N) is 1.